The van der Waals surface area contributed by atoms with Crippen LogP contribution >= 0.6 is 0 Å². The molecule has 3 rings (SSSR count). The number of carbonyl (C=O) groups excluding carboxylic acids is 2. The van der Waals surface area contributed by atoms with E-state index in [2.05, 4.69) is 5.32 Å². The fourth-order valence-corrected chi connectivity index (χ4v) is 2.91. The molecule has 1 aliphatic carbocycles. The summed E-state index contributed by atoms with van der Waals surface area (Å²) in [4.78, 5) is 25.7. The zero-order valence-electron chi connectivity index (χ0n) is 10.9. The number of hydrogen-bond acceptors (Lipinski definition) is 2. The molecule has 1 aromatic rings. The average molecular weight is 258 g/mol. The van der Waals surface area contributed by atoms with E-state index >= 15 is 0 Å². The van der Waals surface area contributed by atoms with Gasteiger partial charge in [-0.3, -0.25) is 9.69 Å². The third-order valence-corrected chi connectivity index (χ3v) is 4.28. The monoisotopic (exact) mass is 258 g/mol. The van der Waals surface area contributed by atoms with Gasteiger partial charge in [0.05, 0.1) is 6.54 Å². The Balaban J connectivity index is 1.76. The van der Waals surface area contributed by atoms with Crippen molar-refractivity contribution in [2.75, 3.05) is 6.54 Å². The zero-order chi connectivity index (χ0) is 13.3. The van der Waals surface area contributed by atoms with Gasteiger partial charge in [-0.25, -0.2) is 4.79 Å². The molecule has 1 saturated heterocycles. The maximum absolute atomic E-state index is 12.3. The molecule has 4 nitrogen and oxygen atoms in total. The summed E-state index contributed by atoms with van der Waals surface area (Å²) in [5, 5.41) is 2.90. The molecule has 100 valence electrons. The minimum atomic E-state index is -0.252. The third kappa shape index (κ3) is 2.35. The van der Waals surface area contributed by atoms with Crippen LogP contribution in [0.4, 0.5) is 4.79 Å². The standard InChI is InChI=1S/C15H18N2O2/c18-13-9-15(7-4-8-15)11-16-14(19)17(13)10-12-5-2-1-3-6-12/h1-3,5-6H,4,7-11H2,(H,16,19). The van der Waals surface area contributed by atoms with Crippen molar-refractivity contribution in [2.24, 2.45) is 5.41 Å². The largest absolute Gasteiger partial charge is 0.337 e. The molecule has 1 N–H and O–H groups in total. The van der Waals surface area contributed by atoms with E-state index in [4.69, 9.17) is 0 Å². The second kappa shape index (κ2) is 4.68. The average Bonchev–Trinajstić information content (AvgIpc) is 2.50. The van der Waals surface area contributed by atoms with Gasteiger partial charge >= 0.3 is 6.03 Å². The van der Waals surface area contributed by atoms with Crippen LogP contribution in [0.15, 0.2) is 30.3 Å². The van der Waals surface area contributed by atoms with Crippen LogP contribution in [0.5, 0.6) is 0 Å². The van der Waals surface area contributed by atoms with E-state index in [1.165, 1.54) is 11.3 Å². The number of nitrogens with one attached hydrogen (secondary N) is 1. The van der Waals surface area contributed by atoms with Crippen molar-refractivity contribution < 1.29 is 9.59 Å². The van der Waals surface area contributed by atoms with E-state index in [-0.39, 0.29) is 17.4 Å². The smallest absolute Gasteiger partial charge is 0.324 e. The van der Waals surface area contributed by atoms with Crippen LogP contribution in [-0.2, 0) is 11.3 Å². The van der Waals surface area contributed by atoms with Crippen LogP contribution in [-0.4, -0.2) is 23.4 Å². The quantitative estimate of drug-likeness (QED) is 0.885. The van der Waals surface area contributed by atoms with Gasteiger partial charge in [0.1, 0.15) is 0 Å². The lowest BCUT2D eigenvalue weighted by atomic mass is 9.66. The first-order valence-electron chi connectivity index (χ1n) is 6.81. The number of hydrogen-bond donors (Lipinski definition) is 1. The highest BCUT2D eigenvalue weighted by atomic mass is 16.2. The molecule has 4 heteroatoms. The van der Waals surface area contributed by atoms with Crippen LogP contribution < -0.4 is 5.32 Å². The van der Waals surface area contributed by atoms with E-state index in [0.29, 0.717) is 19.5 Å². The highest BCUT2D eigenvalue weighted by Crippen LogP contribution is 2.44. The molecule has 1 heterocycles. The van der Waals surface area contributed by atoms with Gasteiger partial charge in [0, 0.05) is 13.0 Å². The zero-order valence-corrected chi connectivity index (χ0v) is 10.9. The molecule has 1 aliphatic heterocycles. The summed E-state index contributed by atoms with van der Waals surface area (Å²) in [5.41, 5.74) is 1.02. The van der Waals surface area contributed by atoms with Gasteiger partial charge in [-0.2, -0.15) is 0 Å². The van der Waals surface area contributed by atoms with Crippen molar-refractivity contribution in [3.05, 3.63) is 35.9 Å². The Labute approximate surface area is 112 Å². The molecule has 0 atom stereocenters. The molecule has 0 aromatic heterocycles. The Morgan fingerprint density at radius 2 is 1.89 bits per heavy atom. The van der Waals surface area contributed by atoms with E-state index < -0.39 is 0 Å². The van der Waals surface area contributed by atoms with Crippen molar-refractivity contribution in [1.29, 1.82) is 0 Å². The molecule has 1 aromatic carbocycles. The van der Waals surface area contributed by atoms with Crippen molar-refractivity contribution in [1.82, 2.24) is 10.2 Å². The molecule has 0 unspecified atom stereocenters. The summed E-state index contributed by atoms with van der Waals surface area (Å²) >= 11 is 0. The Kier molecular flexibility index (Phi) is 3.01. The molecule has 3 amide bonds. The van der Waals surface area contributed by atoms with Gasteiger partial charge in [-0.1, -0.05) is 36.8 Å². The first kappa shape index (κ1) is 12.2. The summed E-state index contributed by atoms with van der Waals surface area (Å²) in [6.45, 7) is 1.00. The predicted octanol–water partition coefficient (Wildman–Crippen LogP) is 2.30. The van der Waals surface area contributed by atoms with E-state index in [1.807, 2.05) is 30.3 Å². The number of urea groups is 1. The lowest BCUT2D eigenvalue weighted by Crippen LogP contribution is -2.41. The number of benzene rings is 1. The number of amides is 3. The predicted molar refractivity (Wildman–Crippen MR) is 71.3 cm³/mol. The molecule has 2 fully saturated rings. The fourth-order valence-electron chi connectivity index (χ4n) is 2.91. The molecule has 1 saturated carbocycles. The number of carbonyl (C=O) groups is 2. The lowest BCUT2D eigenvalue weighted by Gasteiger charge is -2.39. The Morgan fingerprint density at radius 1 is 1.16 bits per heavy atom. The Morgan fingerprint density at radius 3 is 2.53 bits per heavy atom. The van der Waals surface area contributed by atoms with Gasteiger partial charge in [0.25, 0.3) is 0 Å². The van der Waals surface area contributed by atoms with Crippen molar-refractivity contribution in [2.45, 2.75) is 32.2 Å². The number of imide groups is 1. The SMILES string of the molecule is O=C1CC2(CCC2)CNC(=O)N1Cc1ccccc1. The Hall–Kier alpha value is -1.84. The van der Waals surface area contributed by atoms with Crippen LogP contribution in [0.2, 0.25) is 0 Å². The van der Waals surface area contributed by atoms with E-state index in [9.17, 15) is 9.59 Å². The highest BCUT2D eigenvalue weighted by Gasteiger charge is 2.43. The van der Waals surface area contributed by atoms with Crippen LogP contribution in [0.25, 0.3) is 0 Å². The summed E-state index contributed by atoms with van der Waals surface area (Å²) < 4.78 is 0. The molecule has 0 bridgehead atoms. The fraction of sp³-hybridized carbons (Fsp3) is 0.467. The number of nitrogens with zero attached hydrogens (tertiary/aromatic N) is 1. The van der Waals surface area contributed by atoms with Crippen molar-refractivity contribution in [3.8, 4) is 0 Å². The number of rotatable bonds is 2. The van der Waals surface area contributed by atoms with Gasteiger partial charge in [0.15, 0.2) is 0 Å². The van der Waals surface area contributed by atoms with Crippen LogP contribution in [0, 0.1) is 5.41 Å². The summed E-state index contributed by atoms with van der Waals surface area (Å²) in [6, 6.07) is 9.38. The second-order valence-electron chi connectivity index (χ2n) is 5.65. The normalized spacial score (nSPS) is 21.8. The molecule has 19 heavy (non-hydrogen) atoms. The minimum absolute atomic E-state index is 0.0399. The Bertz CT molecular complexity index is 494. The molecular weight excluding hydrogens is 240 g/mol. The van der Waals surface area contributed by atoms with Crippen LogP contribution in [0.1, 0.15) is 31.2 Å². The minimum Gasteiger partial charge on any atom is -0.337 e. The molecular formula is C15H18N2O2. The topological polar surface area (TPSA) is 49.4 Å². The van der Waals surface area contributed by atoms with E-state index in [1.54, 1.807) is 0 Å². The maximum Gasteiger partial charge on any atom is 0.324 e. The van der Waals surface area contributed by atoms with Gasteiger partial charge in [-0.05, 0) is 23.8 Å². The molecule has 0 radical (unpaired) electrons. The van der Waals surface area contributed by atoms with Crippen LogP contribution in [0.3, 0.4) is 0 Å². The molecule has 2 aliphatic rings. The summed E-state index contributed by atoms with van der Waals surface area (Å²) in [6.07, 6.45) is 3.77. The van der Waals surface area contributed by atoms with Gasteiger partial charge < -0.3 is 5.32 Å². The van der Waals surface area contributed by atoms with Gasteiger partial charge in [-0.15, -0.1) is 0 Å². The van der Waals surface area contributed by atoms with Gasteiger partial charge in [0.2, 0.25) is 5.91 Å². The van der Waals surface area contributed by atoms with Crippen molar-refractivity contribution in [3.63, 3.8) is 0 Å². The summed E-state index contributed by atoms with van der Waals surface area (Å²) in [5.74, 6) is -0.0430. The second-order valence-corrected chi connectivity index (χ2v) is 5.65. The third-order valence-electron chi connectivity index (χ3n) is 4.28. The maximum atomic E-state index is 12.3. The lowest BCUT2D eigenvalue weighted by molar-refractivity contribution is -0.131. The summed E-state index contributed by atoms with van der Waals surface area (Å²) in [7, 11) is 0. The molecule has 1 spiro atoms. The van der Waals surface area contributed by atoms with Crippen molar-refractivity contribution >= 4 is 11.9 Å². The first-order chi connectivity index (χ1) is 9.19. The first-order valence-corrected chi connectivity index (χ1v) is 6.81. The van der Waals surface area contributed by atoms with E-state index in [0.717, 1.165) is 18.4 Å². The highest BCUT2D eigenvalue weighted by molar-refractivity contribution is 5.95.